The van der Waals surface area contributed by atoms with Crippen molar-refractivity contribution in [2.75, 3.05) is 0 Å². The number of benzene rings is 3. The van der Waals surface area contributed by atoms with Crippen LogP contribution in [0.1, 0.15) is 62.2 Å². The van der Waals surface area contributed by atoms with Gasteiger partial charge in [-0.25, -0.2) is 4.79 Å². The highest BCUT2D eigenvalue weighted by molar-refractivity contribution is 6.30. The maximum Gasteiger partial charge on any atom is 0.335 e. The van der Waals surface area contributed by atoms with Crippen molar-refractivity contribution < 1.29 is 14.7 Å². The molecule has 2 aliphatic rings. The summed E-state index contributed by atoms with van der Waals surface area (Å²) in [4.78, 5) is 25.0. The Bertz CT molecular complexity index is 1480. The lowest BCUT2D eigenvalue weighted by atomic mass is 9.98. The molecular weight excluding hydrogens is 460 g/mol. The van der Waals surface area contributed by atoms with E-state index in [1.807, 2.05) is 36.4 Å². The Labute approximate surface area is 208 Å². The third-order valence-electron chi connectivity index (χ3n) is 7.40. The van der Waals surface area contributed by atoms with E-state index in [0.29, 0.717) is 17.1 Å². The summed E-state index contributed by atoms with van der Waals surface area (Å²) in [7, 11) is 0. The van der Waals surface area contributed by atoms with Gasteiger partial charge in [-0.2, -0.15) is 0 Å². The number of aromatic carboxylic acids is 1. The minimum absolute atomic E-state index is 0.0874. The number of carbonyl (C=O) groups excluding carboxylic acids is 1. The minimum Gasteiger partial charge on any atom is -0.478 e. The molecule has 1 saturated carbocycles. The average molecular weight is 485 g/mol. The van der Waals surface area contributed by atoms with Gasteiger partial charge in [0.2, 0.25) is 0 Å². The Morgan fingerprint density at radius 2 is 1.83 bits per heavy atom. The number of nitrogens with one attached hydrogen (secondary N) is 1. The van der Waals surface area contributed by atoms with Crippen LogP contribution in [-0.4, -0.2) is 21.6 Å². The molecule has 5 nitrogen and oxygen atoms in total. The van der Waals surface area contributed by atoms with E-state index < -0.39 is 11.5 Å². The molecule has 0 aliphatic heterocycles. The molecule has 35 heavy (non-hydrogen) atoms. The zero-order valence-electron chi connectivity index (χ0n) is 19.2. The van der Waals surface area contributed by atoms with Crippen molar-refractivity contribution in [3.05, 3.63) is 105 Å². The highest BCUT2D eigenvalue weighted by Crippen LogP contribution is 2.46. The molecule has 1 amide bonds. The summed E-state index contributed by atoms with van der Waals surface area (Å²) < 4.78 is 2.15. The van der Waals surface area contributed by atoms with Gasteiger partial charge in [-0.05, 0) is 90.8 Å². The van der Waals surface area contributed by atoms with Crippen molar-refractivity contribution in [2.24, 2.45) is 0 Å². The molecule has 0 radical (unpaired) electrons. The maximum absolute atomic E-state index is 13.8. The van der Waals surface area contributed by atoms with E-state index in [-0.39, 0.29) is 11.5 Å². The number of amides is 1. The smallest absolute Gasteiger partial charge is 0.335 e. The second-order valence-corrected chi connectivity index (χ2v) is 10.1. The normalized spacial score (nSPS) is 15.7. The van der Waals surface area contributed by atoms with Crippen molar-refractivity contribution in [3.8, 4) is 0 Å². The van der Waals surface area contributed by atoms with Gasteiger partial charge in [-0.3, -0.25) is 4.79 Å². The minimum atomic E-state index is -0.952. The zero-order chi connectivity index (χ0) is 24.2. The van der Waals surface area contributed by atoms with Gasteiger partial charge in [0.05, 0.1) is 22.2 Å². The number of carbonyl (C=O) groups is 2. The molecule has 6 heteroatoms. The number of carboxylic acid groups (broad SMARTS) is 1. The Hall–Kier alpha value is -3.57. The molecular formula is C29H25ClN2O3. The number of aromatic nitrogens is 1. The van der Waals surface area contributed by atoms with Gasteiger partial charge in [-0.1, -0.05) is 35.9 Å². The molecule has 176 valence electrons. The summed E-state index contributed by atoms with van der Waals surface area (Å²) >= 11 is 6.22. The number of hydrogen-bond donors (Lipinski definition) is 2. The zero-order valence-corrected chi connectivity index (χ0v) is 19.9. The molecule has 4 aromatic rings. The molecule has 0 saturated heterocycles. The van der Waals surface area contributed by atoms with Crippen molar-refractivity contribution >= 4 is 34.4 Å². The van der Waals surface area contributed by atoms with E-state index in [9.17, 15) is 14.7 Å². The first-order valence-corrected chi connectivity index (χ1v) is 12.4. The SMILES string of the molecule is O=C(O)c1ccc(C2(NC(=O)c3cc4c(c5ccn(Cc6cccc(Cl)c6)c35)CCC4)CC2)cc1. The van der Waals surface area contributed by atoms with Gasteiger partial charge in [0.1, 0.15) is 0 Å². The lowest BCUT2D eigenvalue weighted by molar-refractivity contribution is 0.0696. The summed E-state index contributed by atoms with van der Waals surface area (Å²) in [5, 5.41) is 14.4. The standard InChI is InChI=1S/C29H25ClN2O3/c30-22-5-1-3-18(15-22)17-32-14-11-24-23-6-2-4-20(23)16-25(26(24)32)27(33)31-29(12-13-29)21-9-7-19(8-10-21)28(34)35/h1,3,5,7-11,14-16H,2,4,6,12-13,17H2,(H,31,33)(H,34,35). The number of halogens is 1. The molecule has 0 unspecified atom stereocenters. The van der Waals surface area contributed by atoms with Gasteiger partial charge in [0, 0.05) is 23.2 Å². The maximum atomic E-state index is 13.8. The van der Waals surface area contributed by atoms with E-state index in [0.717, 1.165) is 54.1 Å². The summed E-state index contributed by atoms with van der Waals surface area (Å²) in [5.41, 5.74) is 6.10. The van der Waals surface area contributed by atoms with Crippen LogP contribution in [0.2, 0.25) is 5.02 Å². The molecule has 1 fully saturated rings. The third kappa shape index (κ3) is 3.90. The largest absolute Gasteiger partial charge is 0.478 e. The van der Waals surface area contributed by atoms with Crippen LogP contribution in [0.25, 0.3) is 10.9 Å². The number of carboxylic acids is 1. The van der Waals surface area contributed by atoms with Crippen molar-refractivity contribution in [2.45, 2.75) is 44.2 Å². The Morgan fingerprint density at radius 1 is 1.03 bits per heavy atom. The Balaban J connectivity index is 1.38. The van der Waals surface area contributed by atoms with Crippen LogP contribution in [0.4, 0.5) is 0 Å². The molecule has 0 spiro atoms. The number of hydrogen-bond acceptors (Lipinski definition) is 2. The van der Waals surface area contributed by atoms with Crippen LogP contribution < -0.4 is 5.32 Å². The molecule has 2 N–H and O–H groups in total. The predicted octanol–water partition coefficient (Wildman–Crippen LogP) is 5.95. The summed E-state index contributed by atoms with van der Waals surface area (Å²) in [6, 6.07) is 18.9. The van der Waals surface area contributed by atoms with E-state index in [1.165, 1.54) is 11.1 Å². The first kappa shape index (κ1) is 21.9. The van der Waals surface area contributed by atoms with E-state index in [2.05, 4.69) is 28.2 Å². The molecule has 0 atom stereocenters. The highest BCUT2D eigenvalue weighted by Gasteiger charge is 2.46. The molecule has 2 aliphatic carbocycles. The van der Waals surface area contributed by atoms with Gasteiger partial charge in [-0.15, -0.1) is 0 Å². The van der Waals surface area contributed by atoms with Crippen LogP contribution >= 0.6 is 11.6 Å². The fraction of sp³-hybridized carbons (Fsp3) is 0.241. The quantitative estimate of drug-likeness (QED) is 0.355. The lowest BCUT2D eigenvalue weighted by Crippen LogP contribution is -2.35. The topological polar surface area (TPSA) is 71.3 Å². The number of aryl methyl sites for hydroxylation is 2. The predicted molar refractivity (Wildman–Crippen MR) is 136 cm³/mol. The molecule has 3 aromatic carbocycles. The van der Waals surface area contributed by atoms with Crippen LogP contribution in [0.15, 0.2) is 66.9 Å². The number of fused-ring (bicyclic) bond motifs is 3. The van der Waals surface area contributed by atoms with Crippen molar-refractivity contribution in [3.63, 3.8) is 0 Å². The number of nitrogens with zero attached hydrogens (tertiary/aromatic N) is 1. The van der Waals surface area contributed by atoms with E-state index in [4.69, 9.17) is 11.6 Å². The van der Waals surface area contributed by atoms with Gasteiger partial charge in [0.25, 0.3) is 5.91 Å². The van der Waals surface area contributed by atoms with Crippen LogP contribution in [-0.2, 0) is 24.9 Å². The molecule has 0 bridgehead atoms. The van der Waals surface area contributed by atoms with Crippen molar-refractivity contribution in [1.82, 2.24) is 9.88 Å². The number of rotatable bonds is 6. The average Bonchev–Trinajstić information content (AvgIpc) is 3.26. The summed E-state index contributed by atoms with van der Waals surface area (Å²) in [6.07, 6.45) is 6.88. The molecule has 6 rings (SSSR count). The molecule has 1 aromatic heterocycles. The first-order valence-electron chi connectivity index (χ1n) is 12.0. The monoisotopic (exact) mass is 484 g/mol. The lowest BCUT2D eigenvalue weighted by Gasteiger charge is -2.20. The fourth-order valence-electron chi connectivity index (χ4n) is 5.46. The summed E-state index contributed by atoms with van der Waals surface area (Å²) in [6.45, 7) is 0.630. The second kappa shape index (κ2) is 8.28. The van der Waals surface area contributed by atoms with Crippen LogP contribution in [0.5, 0.6) is 0 Å². The van der Waals surface area contributed by atoms with E-state index in [1.54, 1.807) is 12.1 Å². The van der Waals surface area contributed by atoms with Crippen LogP contribution in [0, 0.1) is 0 Å². The Kier molecular flexibility index (Phi) is 5.19. The third-order valence-corrected chi connectivity index (χ3v) is 7.63. The Morgan fingerprint density at radius 3 is 2.54 bits per heavy atom. The summed E-state index contributed by atoms with van der Waals surface area (Å²) in [5.74, 6) is -1.04. The second-order valence-electron chi connectivity index (χ2n) is 9.67. The van der Waals surface area contributed by atoms with Crippen molar-refractivity contribution in [1.29, 1.82) is 0 Å². The van der Waals surface area contributed by atoms with E-state index >= 15 is 0 Å². The fourth-order valence-corrected chi connectivity index (χ4v) is 5.67. The highest BCUT2D eigenvalue weighted by atomic mass is 35.5. The first-order chi connectivity index (χ1) is 16.9. The van der Waals surface area contributed by atoms with Crippen LogP contribution in [0.3, 0.4) is 0 Å². The van der Waals surface area contributed by atoms with Gasteiger partial charge in [0.15, 0.2) is 0 Å². The molecule has 1 heterocycles. The van der Waals surface area contributed by atoms with Gasteiger partial charge < -0.3 is 15.0 Å². The van der Waals surface area contributed by atoms with Gasteiger partial charge >= 0.3 is 5.97 Å².